The fourth-order valence-electron chi connectivity index (χ4n) is 3.09. The average Bonchev–Trinajstić information content (AvgIpc) is 2.54. The first kappa shape index (κ1) is 23.4. The second kappa shape index (κ2) is 18.7. The summed E-state index contributed by atoms with van der Waals surface area (Å²) in [7, 11) is 0. The molecule has 0 aromatic heterocycles. The lowest BCUT2D eigenvalue weighted by Gasteiger charge is -2.11. The minimum atomic E-state index is -0.691. The maximum atomic E-state index is 10.1. The van der Waals surface area contributed by atoms with Gasteiger partial charge in [0.05, 0.1) is 6.10 Å². The molecule has 24 heavy (non-hydrogen) atoms. The van der Waals surface area contributed by atoms with Crippen molar-refractivity contribution in [3.63, 3.8) is 0 Å². The summed E-state index contributed by atoms with van der Waals surface area (Å²) in [5.74, 6) is -0.691. The Morgan fingerprint density at radius 2 is 1.17 bits per heavy atom. The Labute approximate surface area is 149 Å². The molecule has 0 heterocycles. The Balaban J connectivity index is 0.000000449. The highest BCUT2D eigenvalue weighted by molar-refractivity contribution is 5.66. The average molecular weight is 344 g/mol. The number of aliphatic hydroxyl groups is 1. The second-order valence-corrected chi connectivity index (χ2v) is 7.11. The highest BCUT2D eigenvalue weighted by Crippen LogP contribution is 2.16. The van der Waals surface area contributed by atoms with Gasteiger partial charge in [0, 0.05) is 6.42 Å². The summed E-state index contributed by atoms with van der Waals surface area (Å²) >= 11 is 0. The van der Waals surface area contributed by atoms with Crippen LogP contribution in [-0.2, 0) is 4.79 Å². The zero-order valence-electron chi connectivity index (χ0n) is 15.7. The SMILES string of the molecule is NCCCCCCCC(=O)O.OC1CCCCCCCCCCC1. The van der Waals surface area contributed by atoms with Crippen molar-refractivity contribution >= 4 is 5.97 Å². The van der Waals surface area contributed by atoms with Gasteiger partial charge in [-0.15, -0.1) is 0 Å². The van der Waals surface area contributed by atoms with Gasteiger partial charge in [-0.1, -0.05) is 77.0 Å². The third-order valence-corrected chi connectivity index (χ3v) is 4.67. The number of carboxylic acids is 1. The smallest absolute Gasteiger partial charge is 0.303 e. The predicted octanol–water partition coefficient (Wildman–Crippen LogP) is 5.02. The van der Waals surface area contributed by atoms with Gasteiger partial charge in [0.15, 0.2) is 0 Å². The third-order valence-electron chi connectivity index (χ3n) is 4.67. The lowest BCUT2D eigenvalue weighted by atomic mass is 10.00. The van der Waals surface area contributed by atoms with Crippen LogP contribution in [0.3, 0.4) is 0 Å². The standard InChI is InChI=1S/C12H24O.C8H17NO2/c13-12-10-8-6-4-2-1-3-5-7-9-11-12;9-7-5-3-1-2-4-6-8(10)11/h12-13H,1-11H2;1-7,9H2,(H,10,11). The van der Waals surface area contributed by atoms with E-state index in [4.69, 9.17) is 10.8 Å². The summed E-state index contributed by atoms with van der Waals surface area (Å²) in [4.78, 5) is 10.1. The van der Waals surface area contributed by atoms with Crippen LogP contribution in [0, 0.1) is 0 Å². The van der Waals surface area contributed by atoms with E-state index in [1.807, 2.05) is 0 Å². The zero-order valence-corrected chi connectivity index (χ0v) is 15.7. The maximum absolute atomic E-state index is 10.1. The molecule has 0 atom stereocenters. The van der Waals surface area contributed by atoms with E-state index < -0.39 is 5.97 Å². The van der Waals surface area contributed by atoms with Crippen molar-refractivity contribution in [3.05, 3.63) is 0 Å². The van der Waals surface area contributed by atoms with Crippen molar-refractivity contribution in [2.24, 2.45) is 5.73 Å². The van der Waals surface area contributed by atoms with Gasteiger partial charge in [-0.05, 0) is 32.2 Å². The third kappa shape index (κ3) is 19.4. The number of unbranched alkanes of at least 4 members (excludes halogenated alkanes) is 4. The number of aliphatic carboxylic acids is 1. The summed E-state index contributed by atoms with van der Waals surface area (Å²) in [6.45, 7) is 0.749. The lowest BCUT2D eigenvalue weighted by molar-refractivity contribution is -0.137. The van der Waals surface area contributed by atoms with Crippen molar-refractivity contribution < 1.29 is 15.0 Å². The molecule has 0 aliphatic heterocycles. The molecule has 4 N–H and O–H groups in total. The van der Waals surface area contributed by atoms with Crippen molar-refractivity contribution in [3.8, 4) is 0 Å². The monoisotopic (exact) mass is 343 g/mol. The normalized spacial score (nSPS) is 17.9. The van der Waals surface area contributed by atoms with Gasteiger partial charge in [0.25, 0.3) is 0 Å². The first-order valence-electron chi connectivity index (χ1n) is 10.3. The molecule has 1 aliphatic carbocycles. The van der Waals surface area contributed by atoms with Gasteiger partial charge >= 0.3 is 5.97 Å². The van der Waals surface area contributed by atoms with Crippen LogP contribution < -0.4 is 5.73 Å². The van der Waals surface area contributed by atoms with Gasteiger partial charge in [-0.25, -0.2) is 0 Å². The molecule has 1 rings (SSSR count). The van der Waals surface area contributed by atoms with Crippen molar-refractivity contribution in [2.75, 3.05) is 6.54 Å². The van der Waals surface area contributed by atoms with Gasteiger partial charge < -0.3 is 15.9 Å². The number of hydrogen-bond acceptors (Lipinski definition) is 3. The van der Waals surface area contributed by atoms with Crippen LogP contribution in [0.4, 0.5) is 0 Å². The van der Waals surface area contributed by atoms with E-state index in [1.54, 1.807) is 0 Å². The van der Waals surface area contributed by atoms with Crippen molar-refractivity contribution in [1.82, 2.24) is 0 Å². The molecular weight excluding hydrogens is 302 g/mol. The first-order chi connectivity index (χ1) is 11.7. The maximum Gasteiger partial charge on any atom is 0.303 e. The van der Waals surface area contributed by atoms with Crippen LogP contribution in [0.15, 0.2) is 0 Å². The fraction of sp³-hybridized carbons (Fsp3) is 0.950. The molecule has 1 aliphatic rings. The Hall–Kier alpha value is -0.610. The molecule has 0 aromatic rings. The Morgan fingerprint density at radius 1 is 0.750 bits per heavy atom. The molecule has 0 aromatic carbocycles. The second-order valence-electron chi connectivity index (χ2n) is 7.11. The molecule has 0 saturated heterocycles. The summed E-state index contributed by atoms with van der Waals surface area (Å²) < 4.78 is 0. The van der Waals surface area contributed by atoms with Gasteiger partial charge in [0.2, 0.25) is 0 Å². The molecule has 144 valence electrons. The molecule has 0 spiro atoms. The molecule has 0 bridgehead atoms. The van der Waals surface area contributed by atoms with Crippen LogP contribution in [-0.4, -0.2) is 28.8 Å². The zero-order chi connectivity index (χ0) is 17.9. The highest BCUT2D eigenvalue weighted by atomic mass is 16.4. The lowest BCUT2D eigenvalue weighted by Crippen LogP contribution is -2.06. The number of carbonyl (C=O) groups is 1. The number of aliphatic hydroxyl groups excluding tert-OH is 1. The molecule has 0 unspecified atom stereocenters. The Bertz CT molecular complexity index is 260. The van der Waals surface area contributed by atoms with E-state index in [1.165, 1.54) is 57.8 Å². The van der Waals surface area contributed by atoms with Crippen LogP contribution in [0.25, 0.3) is 0 Å². The Kier molecular flexibility index (Phi) is 18.2. The highest BCUT2D eigenvalue weighted by Gasteiger charge is 2.04. The summed E-state index contributed by atoms with van der Waals surface area (Å²) in [6, 6.07) is 0. The van der Waals surface area contributed by atoms with E-state index in [0.29, 0.717) is 6.42 Å². The summed E-state index contributed by atoms with van der Waals surface area (Å²) in [5, 5.41) is 17.9. The van der Waals surface area contributed by atoms with E-state index in [9.17, 15) is 9.90 Å². The van der Waals surface area contributed by atoms with E-state index in [-0.39, 0.29) is 6.10 Å². The molecular formula is C20H41NO3. The molecule has 4 nitrogen and oxygen atoms in total. The fourth-order valence-corrected chi connectivity index (χ4v) is 3.09. The van der Waals surface area contributed by atoms with Crippen LogP contribution in [0.5, 0.6) is 0 Å². The summed E-state index contributed by atoms with van der Waals surface area (Å²) in [5.41, 5.74) is 5.30. The minimum Gasteiger partial charge on any atom is -0.481 e. The van der Waals surface area contributed by atoms with Gasteiger partial charge in [-0.2, -0.15) is 0 Å². The first-order valence-corrected chi connectivity index (χ1v) is 10.3. The number of carboxylic acid groups (broad SMARTS) is 1. The quantitative estimate of drug-likeness (QED) is 0.567. The van der Waals surface area contributed by atoms with E-state index in [0.717, 1.165) is 51.5 Å². The van der Waals surface area contributed by atoms with Crippen LogP contribution >= 0.6 is 0 Å². The van der Waals surface area contributed by atoms with E-state index in [2.05, 4.69) is 0 Å². The number of hydrogen-bond donors (Lipinski definition) is 3. The van der Waals surface area contributed by atoms with Gasteiger partial charge in [0.1, 0.15) is 0 Å². The van der Waals surface area contributed by atoms with Crippen LogP contribution in [0.2, 0.25) is 0 Å². The van der Waals surface area contributed by atoms with Gasteiger partial charge in [-0.3, -0.25) is 4.79 Å². The molecule has 1 saturated carbocycles. The minimum absolute atomic E-state index is 0.000531. The molecule has 0 radical (unpaired) electrons. The number of nitrogens with two attached hydrogens (primary N) is 1. The predicted molar refractivity (Wildman–Crippen MR) is 101 cm³/mol. The molecule has 4 heteroatoms. The largest absolute Gasteiger partial charge is 0.481 e. The topological polar surface area (TPSA) is 83.6 Å². The summed E-state index contributed by atoms with van der Waals surface area (Å²) in [6.07, 6.45) is 19.7. The Morgan fingerprint density at radius 3 is 1.62 bits per heavy atom. The van der Waals surface area contributed by atoms with E-state index >= 15 is 0 Å². The molecule has 0 amide bonds. The number of rotatable bonds is 7. The van der Waals surface area contributed by atoms with Crippen molar-refractivity contribution in [1.29, 1.82) is 0 Å². The van der Waals surface area contributed by atoms with Crippen LogP contribution in [0.1, 0.15) is 109 Å². The van der Waals surface area contributed by atoms with Crippen molar-refractivity contribution in [2.45, 2.75) is 115 Å². The molecule has 1 fully saturated rings.